The Balaban J connectivity index is 2.08. The van der Waals surface area contributed by atoms with Gasteiger partial charge in [-0.2, -0.15) is 11.8 Å². The van der Waals surface area contributed by atoms with Gasteiger partial charge in [-0.05, 0) is 50.4 Å². The first-order chi connectivity index (χ1) is 9.96. The summed E-state index contributed by atoms with van der Waals surface area (Å²) >= 11 is 1.86. The molecule has 0 amide bonds. The van der Waals surface area contributed by atoms with Gasteiger partial charge in [0.15, 0.2) is 0 Å². The predicted molar refractivity (Wildman–Crippen MR) is 89.4 cm³/mol. The largest absolute Gasteiger partial charge is 0.371 e. The van der Waals surface area contributed by atoms with E-state index in [1.807, 2.05) is 23.9 Å². The molecule has 1 aromatic carbocycles. The molecule has 1 aliphatic rings. The van der Waals surface area contributed by atoms with Crippen LogP contribution in [0.3, 0.4) is 0 Å². The predicted octanol–water partition coefficient (Wildman–Crippen LogP) is 1.26. The summed E-state index contributed by atoms with van der Waals surface area (Å²) in [5.74, 6) is 0. The van der Waals surface area contributed by atoms with Crippen LogP contribution in [0.15, 0.2) is 29.2 Å². The first kappa shape index (κ1) is 16.6. The second-order valence-electron chi connectivity index (χ2n) is 5.28. The van der Waals surface area contributed by atoms with Crippen molar-refractivity contribution < 1.29 is 8.42 Å². The summed E-state index contributed by atoms with van der Waals surface area (Å²) in [5.41, 5.74) is 6.97. The minimum Gasteiger partial charge on any atom is -0.371 e. The van der Waals surface area contributed by atoms with E-state index in [1.54, 1.807) is 12.1 Å². The molecule has 1 fully saturated rings. The number of nitrogens with two attached hydrogens (primary N) is 1. The summed E-state index contributed by atoms with van der Waals surface area (Å²) in [4.78, 5) is 2.59. The summed E-state index contributed by atoms with van der Waals surface area (Å²) < 4.78 is 25.9. The number of rotatable bonds is 5. The van der Waals surface area contributed by atoms with Crippen LogP contribution in [0.5, 0.6) is 0 Å². The highest BCUT2D eigenvalue weighted by atomic mass is 32.2. The van der Waals surface area contributed by atoms with Gasteiger partial charge in [0.2, 0.25) is 10.0 Å². The van der Waals surface area contributed by atoms with Gasteiger partial charge in [-0.3, -0.25) is 0 Å². The van der Waals surface area contributed by atoms with Gasteiger partial charge < -0.3 is 10.6 Å². The van der Waals surface area contributed by atoms with Crippen LogP contribution in [0.25, 0.3) is 0 Å². The summed E-state index contributed by atoms with van der Waals surface area (Å²) in [5, 5.41) is 0. The van der Waals surface area contributed by atoms with Gasteiger partial charge >= 0.3 is 0 Å². The number of hydrogen-bond donors (Lipinski definition) is 2. The number of nitrogens with zero attached hydrogens (tertiary/aromatic N) is 1. The lowest BCUT2D eigenvalue weighted by atomic mass is 9.95. The Labute approximate surface area is 131 Å². The molecule has 7 heteroatoms. The lowest BCUT2D eigenvalue weighted by Crippen LogP contribution is -2.46. The molecule has 0 atom stereocenters. The fourth-order valence-electron chi connectivity index (χ4n) is 2.62. The van der Waals surface area contributed by atoms with Crippen molar-refractivity contribution in [1.82, 2.24) is 4.72 Å². The van der Waals surface area contributed by atoms with Crippen molar-refractivity contribution in [1.29, 1.82) is 0 Å². The Bertz CT molecular complexity index is 558. The zero-order chi connectivity index (χ0) is 15.5. The van der Waals surface area contributed by atoms with Crippen LogP contribution >= 0.6 is 11.8 Å². The van der Waals surface area contributed by atoms with Crippen molar-refractivity contribution in [3.8, 4) is 0 Å². The van der Waals surface area contributed by atoms with E-state index in [1.165, 1.54) is 7.05 Å². The Morgan fingerprint density at radius 3 is 2.29 bits per heavy atom. The average Bonchev–Trinajstić information content (AvgIpc) is 2.55. The molecule has 2 rings (SSSR count). The highest BCUT2D eigenvalue weighted by molar-refractivity contribution is 8.00. The molecule has 0 aliphatic carbocycles. The molecule has 0 unspecified atom stereocenters. The maximum atomic E-state index is 11.7. The van der Waals surface area contributed by atoms with E-state index in [0.29, 0.717) is 11.4 Å². The lowest BCUT2D eigenvalue weighted by molar-refractivity contribution is 0.457. The number of piperidine rings is 1. The van der Waals surface area contributed by atoms with Gasteiger partial charge in [0.1, 0.15) is 0 Å². The van der Waals surface area contributed by atoms with Crippen molar-refractivity contribution in [3.05, 3.63) is 24.3 Å². The van der Waals surface area contributed by atoms with Crippen LogP contribution in [0.2, 0.25) is 0 Å². The van der Waals surface area contributed by atoms with Crippen LogP contribution < -0.4 is 15.4 Å². The molecule has 0 spiro atoms. The molecule has 118 valence electrons. The third-order valence-corrected chi connectivity index (χ3v) is 7.13. The second kappa shape index (κ2) is 6.56. The van der Waals surface area contributed by atoms with E-state index < -0.39 is 10.0 Å². The van der Waals surface area contributed by atoms with Crippen molar-refractivity contribution in [2.24, 2.45) is 5.73 Å². The molecule has 0 radical (unpaired) electrons. The standard InChI is InChI=1S/C14H23N3O2S2/c1-16-21(18,19)13-5-3-12(4-6-13)17-9-7-14(11-15,20-2)8-10-17/h3-6,16H,7-11,15H2,1-2H3. The molecule has 1 heterocycles. The molecule has 0 bridgehead atoms. The molecule has 5 nitrogen and oxygen atoms in total. The zero-order valence-electron chi connectivity index (χ0n) is 12.5. The molecule has 0 aromatic heterocycles. The van der Waals surface area contributed by atoms with E-state index in [4.69, 9.17) is 5.73 Å². The fourth-order valence-corrected chi connectivity index (χ4v) is 4.11. The monoisotopic (exact) mass is 329 g/mol. The van der Waals surface area contributed by atoms with Crippen LogP contribution in [0.1, 0.15) is 12.8 Å². The number of benzene rings is 1. The molecular weight excluding hydrogens is 306 g/mol. The summed E-state index contributed by atoms with van der Waals surface area (Å²) in [6, 6.07) is 7.05. The topological polar surface area (TPSA) is 75.4 Å². The SMILES string of the molecule is CNS(=O)(=O)c1ccc(N2CCC(CN)(SC)CC2)cc1. The van der Waals surface area contributed by atoms with Gasteiger partial charge in [-0.15, -0.1) is 0 Å². The van der Waals surface area contributed by atoms with E-state index >= 15 is 0 Å². The number of sulfonamides is 1. The van der Waals surface area contributed by atoms with Crippen molar-refractivity contribution in [3.63, 3.8) is 0 Å². The summed E-state index contributed by atoms with van der Waals surface area (Å²) in [7, 11) is -1.94. The lowest BCUT2D eigenvalue weighted by Gasteiger charge is -2.41. The maximum absolute atomic E-state index is 11.7. The van der Waals surface area contributed by atoms with E-state index in [2.05, 4.69) is 15.9 Å². The number of nitrogens with one attached hydrogen (secondary N) is 1. The van der Waals surface area contributed by atoms with Gasteiger partial charge in [0.05, 0.1) is 4.90 Å². The highest BCUT2D eigenvalue weighted by Crippen LogP contribution is 2.35. The third kappa shape index (κ3) is 3.53. The first-order valence-corrected chi connectivity index (χ1v) is 9.71. The normalized spacial score (nSPS) is 18.7. The van der Waals surface area contributed by atoms with E-state index in [0.717, 1.165) is 31.6 Å². The molecule has 1 aromatic rings. The number of anilines is 1. The molecular formula is C14H23N3O2S2. The smallest absolute Gasteiger partial charge is 0.240 e. The van der Waals surface area contributed by atoms with Gasteiger partial charge in [0.25, 0.3) is 0 Å². The van der Waals surface area contributed by atoms with Crippen LogP contribution in [-0.2, 0) is 10.0 Å². The van der Waals surface area contributed by atoms with Crippen molar-refractivity contribution in [2.75, 3.05) is 37.8 Å². The third-order valence-electron chi connectivity index (χ3n) is 4.26. The van der Waals surface area contributed by atoms with E-state index in [9.17, 15) is 8.42 Å². The number of hydrogen-bond acceptors (Lipinski definition) is 5. The summed E-state index contributed by atoms with van der Waals surface area (Å²) in [6.07, 6.45) is 4.24. The Kier molecular flexibility index (Phi) is 5.19. The van der Waals surface area contributed by atoms with Gasteiger partial charge in [0, 0.05) is 30.1 Å². The van der Waals surface area contributed by atoms with Crippen LogP contribution in [0, 0.1) is 0 Å². The molecule has 1 saturated heterocycles. The van der Waals surface area contributed by atoms with Crippen molar-refractivity contribution >= 4 is 27.5 Å². The highest BCUT2D eigenvalue weighted by Gasteiger charge is 2.32. The minimum absolute atomic E-state index is 0.200. The molecule has 3 N–H and O–H groups in total. The first-order valence-electron chi connectivity index (χ1n) is 7.00. The Morgan fingerprint density at radius 1 is 1.29 bits per heavy atom. The Hall–Kier alpha value is -0.760. The average molecular weight is 329 g/mol. The minimum atomic E-state index is -3.36. The van der Waals surface area contributed by atoms with Gasteiger partial charge in [-0.25, -0.2) is 13.1 Å². The quantitative estimate of drug-likeness (QED) is 0.850. The Morgan fingerprint density at radius 2 is 1.86 bits per heavy atom. The van der Waals surface area contributed by atoms with Crippen LogP contribution in [-0.4, -0.2) is 46.1 Å². The summed E-state index contributed by atoms with van der Waals surface area (Å²) in [6.45, 7) is 2.62. The van der Waals surface area contributed by atoms with Gasteiger partial charge in [-0.1, -0.05) is 0 Å². The van der Waals surface area contributed by atoms with Crippen molar-refractivity contribution in [2.45, 2.75) is 22.5 Å². The maximum Gasteiger partial charge on any atom is 0.240 e. The second-order valence-corrected chi connectivity index (χ2v) is 8.44. The molecule has 1 aliphatic heterocycles. The molecule has 0 saturated carbocycles. The van der Waals surface area contributed by atoms with Crippen LogP contribution in [0.4, 0.5) is 5.69 Å². The zero-order valence-corrected chi connectivity index (χ0v) is 14.1. The fraction of sp³-hybridized carbons (Fsp3) is 0.571. The molecule has 21 heavy (non-hydrogen) atoms. The number of thioether (sulfide) groups is 1. The van der Waals surface area contributed by atoms with E-state index in [-0.39, 0.29) is 4.75 Å².